The van der Waals surface area contributed by atoms with E-state index in [2.05, 4.69) is 19.9 Å². The molecule has 32 heavy (non-hydrogen) atoms. The predicted octanol–water partition coefficient (Wildman–Crippen LogP) is 2.26. The lowest BCUT2D eigenvalue weighted by Gasteiger charge is -2.21. The molecular formula is C16H23F6N5O5. The van der Waals surface area contributed by atoms with Crippen molar-refractivity contribution in [1.82, 2.24) is 20.8 Å². The average molecular weight is 479 g/mol. The first-order valence-corrected chi connectivity index (χ1v) is 8.77. The zero-order valence-electron chi connectivity index (χ0n) is 17.6. The van der Waals surface area contributed by atoms with E-state index >= 15 is 0 Å². The van der Waals surface area contributed by atoms with Gasteiger partial charge in [0, 0.05) is 0 Å². The summed E-state index contributed by atoms with van der Waals surface area (Å²) in [7, 11) is 0. The Labute approximate surface area is 178 Å². The highest BCUT2D eigenvalue weighted by Crippen LogP contribution is 2.28. The Morgan fingerprint density at radius 3 is 1.94 bits per heavy atom. The third-order valence-electron chi connectivity index (χ3n) is 2.97. The molecule has 2 amide bonds. The Morgan fingerprint density at radius 2 is 1.59 bits per heavy atom. The second-order valence-corrected chi connectivity index (χ2v) is 7.25. The molecule has 0 aliphatic heterocycles. The predicted molar refractivity (Wildman–Crippen MR) is 94.8 cm³/mol. The maximum atomic E-state index is 11.9. The lowest BCUT2D eigenvalue weighted by Crippen LogP contribution is -2.47. The number of rotatable bonds is 5. The van der Waals surface area contributed by atoms with E-state index in [-0.39, 0.29) is 5.89 Å². The molecule has 0 radical (unpaired) electrons. The van der Waals surface area contributed by atoms with Crippen molar-refractivity contribution < 1.29 is 49.9 Å². The van der Waals surface area contributed by atoms with E-state index in [9.17, 15) is 40.7 Å². The number of nitrogens with zero attached hydrogens (tertiary/aromatic N) is 2. The summed E-state index contributed by atoms with van der Waals surface area (Å²) in [5, 5.41) is 9.48. The largest absolute Gasteiger partial charge is 0.471 e. The van der Waals surface area contributed by atoms with Crippen molar-refractivity contribution in [2.24, 2.45) is 5.73 Å². The van der Waals surface area contributed by atoms with Crippen LogP contribution in [0.3, 0.4) is 0 Å². The molecule has 1 rings (SSSR count). The molecule has 16 heteroatoms. The number of alkyl halides is 6. The number of amides is 2. The SMILES string of the molecule is C[C@@H](N)c1nnc(C(F)(F)F)o1.C[C@@H](NC(=O)OC(C)(C)C)C(=O)CNC(=O)C(F)(F)F. The van der Waals surface area contributed by atoms with Crippen molar-refractivity contribution in [3.63, 3.8) is 0 Å². The van der Waals surface area contributed by atoms with E-state index in [0.29, 0.717) is 0 Å². The molecule has 0 fully saturated rings. The highest BCUT2D eigenvalue weighted by Gasteiger charge is 2.39. The fourth-order valence-electron chi connectivity index (χ4n) is 1.52. The van der Waals surface area contributed by atoms with Crippen LogP contribution in [0.4, 0.5) is 31.1 Å². The van der Waals surface area contributed by atoms with Gasteiger partial charge in [0.1, 0.15) is 5.60 Å². The molecule has 0 unspecified atom stereocenters. The number of alkyl carbamates (subject to hydrolysis) is 1. The lowest BCUT2D eigenvalue weighted by atomic mass is 10.2. The summed E-state index contributed by atoms with van der Waals surface area (Å²) in [6.07, 6.45) is -10.5. The molecule has 1 heterocycles. The molecule has 0 spiro atoms. The first-order chi connectivity index (χ1) is 14.2. The second kappa shape index (κ2) is 11.1. The number of hydrogen-bond acceptors (Lipinski definition) is 8. The highest BCUT2D eigenvalue weighted by atomic mass is 19.4. The maximum Gasteiger partial charge on any atom is 0.471 e. The van der Waals surface area contributed by atoms with E-state index in [0.717, 1.165) is 0 Å². The van der Waals surface area contributed by atoms with E-state index < -0.39 is 60.3 Å². The standard InChI is InChI=1S/C11H17F3N2O4.C5H6F3N3O/c1-6(16-9(19)20-10(2,3)4)7(17)5-15-8(18)11(12,13)14;1-2(9)3-10-11-4(12-3)5(6,7)8/h6H,5H2,1-4H3,(H,15,18)(H,16,19);2H,9H2,1H3/t6-;2-/m11/s1. The number of aromatic nitrogens is 2. The normalized spacial score (nSPS) is 13.9. The van der Waals surface area contributed by atoms with Crippen LogP contribution in [0.5, 0.6) is 0 Å². The smallest absolute Gasteiger partial charge is 0.444 e. The minimum absolute atomic E-state index is 0.220. The van der Waals surface area contributed by atoms with E-state index in [1.54, 1.807) is 20.8 Å². The number of Topliss-reactive ketones (excluding diaryl/α,β-unsaturated/α-hetero) is 1. The van der Waals surface area contributed by atoms with Crippen molar-refractivity contribution in [2.75, 3.05) is 6.54 Å². The van der Waals surface area contributed by atoms with Crippen LogP contribution in [0.15, 0.2) is 4.42 Å². The molecule has 4 N–H and O–H groups in total. The zero-order valence-corrected chi connectivity index (χ0v) is 17.6. The molecule has 0 aromatic carbocycles. The highest BCUT2D eigenvalue weighted by molar-refractivity contribution is 5.92. The van der Waals surface area contributed by atoms with Gasteiger partial charge >= 0.3 is 30.2 Å². The van der Waals surface area contributed by atoms with Crippen molar-refractivity contribution in [3.8, 4) is 0 Å². The van der Waals surface area contributed by atoms with Gasteiger partial charge in [-0.05, 0) is 34.6 Å². The van der Waals surface area contributed by atoms with Crippen molar-refractivity contribution in [1.29, 1.82) is 0 Å². The zero-order chi connectivity index (χ0) is 25.5. The second-order valence-electron chi connectivity index (χ2n) is 7.25. The van der Waals surface area contributed by atoms with Gasteiger partial charge in [-0.15, -0.1) is 10.2 Å². The Balaban J connectivity index is 0.000000677. The summed E-state index contributed by atoms with van der Waals surface area (Å²) in [6, 6.07) is -1.77. The molecule has 2 atom stereocenters. The van der Waals surface area contributed by atoms with Crippen LogP contribution in [0.25, 0.3) is 0 Å². The van der Waals surface area contributed by atoms with Gasteiger partial charge in [0.05, 0.1) is 18.6 Å². The fourth-order valence-corrected chi connectivity index (χ4v) is 1.52. The molecule has 0 saturated carbocycles. The maximum absolute atomic E-state index is 11.9. The van der Waals surface area contributed by atoms with Crippen LogP contribution in [0, 0.1) is 0 Å². The number of hydrogen-bond donors (Lipinski definition) is 3. The Bertz CT molecular complexity index is 785. The summed E-state index contributed by atoms with van der Waals surface area (Å²) in [5.41, 5.74) is 4.44. The number of ether oxygens (including phenoxy) is 1. The monoisotopic (exact) mass is 479 g/mol. The van der Waals surface area contributed by atoms with Gasteiger partial charge in [0.2, 0.25) is 5.89 Å². The Hall–Kier alpha value is -2.91. The van der Waals surface area contributed by atoms with Gasteiger partial charge in [-0.2, -0.15) is 26.3 Å². The fraction of sp³-hybridized carbons (Fsp3) is 0.688. The van der Waals surface area contributed by atoms with Gasteiger partial charge in [0.15, 0.2) is 5.78 Å². The summed E-state index contributed by atoms with van der Waals surface area (Å²) >= 11 is 0. The van der Waals surface area contributed by atoms with Crippen LogP contribution in [0.1, 0.15) is 52.4 Å². The van der Waals surface area contributed by atoms with Crippen LogP contribution >= 0.6 is 0 Å². The summed E-state index contributed by atoms with van der Waals surface area (Å²) < 4.78 is 80.2. The molecule has 0 aliphatic rings. The van der Waals surface area contributed by atoms with E-state index in [4.69, 9.17) is 10.5 Å². The number of carbonyl (C=O) groups is 3. The quantitative estimate of drug-likeness (QED) is 0.545. The third kappa shape index (κ3) is 11.5. The summed E-state index contributed by atoms with van der Waals surface area (Å²) in [4.78, 5) is 33.2. The number of nitrogens with one attached hydrogen (secondary N) is 2. The molecular weight excluding hydrogens is 456 g/mol. The lowest BCUT2D eigenvalue weighted by molar-refractivity contribution is -0.173. The molecule has 0 aliphatic carbocycles. The van der Waals surface area contributed by atoms with Crippen LogP contribution in [-0.2, 0) is 20.5 Å². The first-order valence-electron chi connectivity index (χ1n) is 8.77. The average Bonchev–Trinajstić information content (AvgIpc) is 3.07. The molecule has 1 aromatic heterocycles. The van der Waals surface area contributed by atoms with Gasteiger partial charge in [-0.25, -0.2) is 4.79 Å². The first kappa shape index (κ1) is 29.1. The van der Waals surface area contributed by atoms with Gasteiger partial charge in [0.25, 0.3) is 0 Å². The summed E-state index contributed by atoms with van der Waals surface area (Å²) in [6.45, 7) is 6.73. The minimum atomic E-state index is -5.05. The minimum Gasteiger partial charge on any atom is -0.444 e. The number of nitrogens with two attached hydrogens (primary N) is 1. The molecule has 10 nitrogen and oxygen atoms in total. The third-order valence-corrected chi connectivity index (χ3v) is 2.97. The van der Waals surface area contributed by atoms with E-state index in [1.165, 1.54) is 19.2 Å². The molecule has 184 valence electrons. The molecule has 1 aromatic rings. The van der Waals surface area contributed by atoms with E-state index in [1.807, 2.05) is 0 Å². The van der Waals surface area contributed by atoms with Gasteiger partial charge in [-0.3, -0.25) is 9.59 Å². The topological polar surface area (TPSA) is 149 Å². The number of ketones is 1. The Morgan fingerprint density at radius 1 is 1.06 bits per heavy atom. The van der Waals surface area contributed by atoms with Crippen LogP contribution in [-0.4, -0.2) is 52.3 Å². The van der Waals surface area contributed by atoms with Crippen molar-refractivity contribution >= 4 is 17.8 Å². The number of halogens is 6. The Kier molecular flexibility index (Phi) is 10.1. The van der Waals surface area contributed by atoms with Crippen molar-refractivity contribution in [2.45, 2.75) is 64.7 Å². The summed E-state index contributed by atoms with van der Waals surface area (Å²) in [5.74, 6) is -4.58. The van der Waals surface area contributed by atoms with Gasteiger partial charge < -0.3 is 25.5 Å². The van der Waals surface area contributed by atoms with Crippen LogP contribution < -0.4 is 16.4 Å². The van der Waals surface area contributed by atoms with Crippen LogP contribution in [0.2, 0.25) is 0 Å². The molecule has 0 saturated heterocycles. The van der Waals surface area contributed by atoms with Crippen molar-refractivity contribution in [3.05, 3.63) is 11.8 Å². The van der Waals surface area contributed by atoms with Gasteiger partial charge in [-0.1, -0.05) is 0 Å². The number of carbonyl (C=O) groups excluding carboxylic acids is 3. The molecule has 0 bridgehead atoms.